The van der Waals surface area contributed by atoms with Crippen LogP contribution in [0.3, 0.4) is 0 Å². The van der Waals surface area contributed by atoms with E-state index in [0.29, 0.717) is 44.3 Å². The van der Waals surface area contributed by atoms with Gasteiger partial charge in [-0.15, -0.1) is 0 Å². The SMILES string of the molecule is C=C(C)CC(=O)OCCCc1cc(-c2ccc(-c3ccc(CCCCC)cc3)cc2CC)cc(CCCOC(=O)C(=C)C)c1OCCC(CO)CO. The summed E-state index contributed by atoms with van der Waals surface area (Å²) in [6.07, 6.45) is 8.70. The van der Waals surface area contributed by atoms with Gasteiger partial charge in [0.15, 0.2) is 0 Å². The molecule has 3 aromatic carbocycles. The number of benzene rings is 3. The zero-order chi connectivity index (χ0) is 37.9. The van der Waals surface area contributed by atoms with Crippen LogP contribution < -0.4 is 4.74 Å². The second-order valence-corrected chi connectivity index (χ2v) is 13.8. The summed E-state index contributed by atoms with van der Waals surface area (Å²) < 4.78 is 17.4. The van der Waals surface area contributed by atoms with Crippen molar-refractivity contribution in [2.75, 3.05) is 33.0 Å². The summed E-state index contributed by atoms with van der Waals surface area (Å²) in [6.45, 7) is 15.9. The average Bonchev–Trinajstić information content (AvgIpc) is 3.13. The molecule has 0 atom stereocenters. The summed E-state index contributed by atoms with van der Waals surface area (Å²) >= 11 is 0. The lowest BCUT2D eigenvalue weighted by Gasteiger charge is -2.21. The monoisotopic (exact) mass is 712 g/mol. The number of rotatable bonds is 24. The van der Waals surface area contributed by atoms with E-state index in [0.717, 1.165) is 46.4 Å². The molecule has 0 aromatic heterocycles. The minimum absolute atomic E-state index is 0.124. The van der Waals surface area contributed by atoms with E-state index in [9.17, 15) is 19.8 Å². The summed E-state index contributed by atoms with van der Waals surface area (Å²) in [5.41, 5.74) is 10.3. The van der Waals surface area contributed by atoms with Gasteiger partial charge in [-0.3, -0.25) is 4.79 Å². The fourth-order valence-electron chi connectivity index (χ4n) is 6.12. The van der Waals surface area contributed by atoms with Crippen molar-refractivity contribution >= 4 is 11.9 Å². The molecule has 0 saturated carbocycles. The molecular formula is C45H60O7. The van der Waals surface area contributed by atoms with Crippen LogP contribution >= 0.6 is 0 Å². The molecule has 0 aliphatic rings. The number of carbonyl (C=O) groups is 2. The van der Waals surface area contributed by atoms with E-state index in [1.165, 1.54) is 41.5 Å². The summed E-state index contributed by atoms with van der Waals surface area (Å²) in [5, 5.41) is 19.3. The molecule has 0 bridgehead atoms. The third-order valence-electron chi connectivity index (χ3n) is 9.16. The second-order valence-electron chi connectivity index (χ2n) is 13.8. The first kappa shape index (κ1) is 42.2. The molecular weight excluding hydrogens is 652 g/mol. The number of aliphatic hydroxyl groups is 2. The number of esters is 2. The van der Waals surface area contributed by atoms with Crippen molar-refractivity contribution in [1.29, 1.82) is 0 Å². The molecule has 3 aromatic rings. The van der Waals surface area contributed by atoms with E-state index >= 15 is 0 Å². The summed E-state index contributed by atoms with van der Waals surface area (Å²) in [7, 11) is 0. The van der Waals surface area contributed by atoms with Crippen LogP contribution in [0.4, 0.5) is 0 Å². The molecule has 2 N–H and O–H groups in total. The highest BCUT2D eigenvalue weighted by Gasteiger charge is 2.18. The predicted octanol–water partition coefficient (Wildman–Crippen LogP) is 9.18. The number of hydrogen-bond acceptors (Lipinski definition) is 7. The van der Waals surface area contributed by atoms with E-state index in [-0.39, 0.29) is 44.7 Å². The molecule has 0 spiro atoms. The molecule has 3 rings (SSSR count). The number of aryl methyl sites for hydroxylation is 4. The lowest BCUT2D eigenvalue weighted by Crippen LogP contribution is -2.16. The molecule has 0 heterocycles. The third-order valence-corrected chi connectivity index (χ3v) is 9.16. The highest BCUT2D eigenvalue weighted by Crippen LogP contribution is 2.36. The van der Waals surface area contributed by atoms with E-state index in [1.54, 1.807) is 13.8 Å². The minimum atomic E-state index is -0.412. The normalized spacial score (nSPS) is 11.1. The van der Waals surface area contributed by atoms with Gasteiger partial charge in [-0.05, 0) is 122 Å². The number of hydrogen-bond donors (Lipinski definition) is 2. The van der Waals surface area contributed by atoms with Crippen molar-refractivity contribution in [2.24, 2.45) is 5.92 Å². The molecule has 0 radical (unpaired) electrons. The lowest BCUT2D eigenvalue weighted by molar-refractivity contribution is -0.143. The predicted molar refractivity (Wildman–Crippen MR) is 210 cm³/mol. The van der Waals surface area contributed by atoms with Crippen LogP contribution in [-0.4, -0.2) is 55.2 Å². The number of unbranched alkanes of at least 4 members (excludes halogenated alkanes) is 2. The fourth-order valence-corrected chi connectivity index (χ4v) is 6.12. The van der Waals surface area contributed by atoms with Crippen molar-refractivity contribution in [3.8, 4) is 28.0 Å². The minimum Gasteiger partial charge on any atom is -0.493 e. The first-order valence-electron chi connectivity index (χ1n) is 19.0. The molecule has 7 heteroatoms. The lowest BCUT2D eigenvalue weighted by atomic mass is 9.89. The maximum absolute atomic E-state index is 12.2. The Balaban J connectivity index is 1.99. The molecule has 0 amide bonds. The van der Waals surface area contributed by atoms with Crippen LogP contribution in [0.5, 0.6) is 5.75 Å². The Morgan fingerprint density at radius 2 is 1.33 bits per heavy atom. The van der Waals surface area contributed by atoms with Gasteiger partial charge < -0.3 is 24.4 Å². The molecule has 0 aliphatic heterocycles. The number of carbonyl (C=O) groups excluding carboxylic acids is 2. The zero-order valence-electron chi connectivity index (χ0n) is 31.9. The standard InChI is InChI=1S/C45H60O7/c1-7-9-10-13-34-16-18-37(19-17-34)38-20-21-42(36(8-2)27-38)41-28-39(14-11-23-50-43(48)26-32(3)4)44(51-25-22-35(30-46)31-47)40(29-41)15-12-24-52-45(49)33(5)6/h16-21,27-29,35,46-47H,3,5,7-15,22-26,30-31H2,1-2,4,6H3. The maximum Gasteiger partial charge on any atom is 0.333 e. The van der Waals surface area contributed by atoms with E-state index in [4.69, 9.17) is 14.2 Å². The van der Waals surface area contributed by atoms with Gasteiger partial charge in [0.05, 0.1) is 26.2 Å². The van der Waals surface area contributed by atoms with Gasteiger partial charge >= 0.3 is 11.9 Å². The van der Waals surface area contributed by atoms with E-state index < -0.39 is 5.97 Å². The Morgan fingerprint density at radius 1 is 0.712 bits per heavy atom. The fraction of sp³-hybridized carbons (Fsp3) is 0.467. The van der Waals surface area contributed by atoms with Crippen molar-refractivity contribution in [2.45, 2.75) is 98.3 Å². The maximum atomic E-state index is 12.2. The van der Waals surface area contributed by atoms with Gasteiger partial charge in [-0.25, -0.2) is 4.79 Å². The van der Waals surface area contributed by atoms with Crippen molar-refractivity contribution in [1.82, 2.24) is 0 Å². The molecule has 52 heavy (non-hydrogen) atoms. The summed E-state index contributed by atoms with van der Waals surface area (Å²) in [6, 6.07) is 19.9. The summed E-state index contributed by atoms with van der Waals surface area (Å²) in [5.74, 6) is -0.236. The number of ether oxygens (including phenoxy) is 3. The largest absolute Gasteiger partial charge is 0.493 e. The van der Waals surface area contributed by atoms with Crippen molar-refractivity contribution < 1.29 is 34.0 Å². The van der Waals surface area contributed by atoms with Crippen molar-refractivity contribution in [3.05, 3.63) is 101 Å². The molecule has 0 saturated heterocycles. The van der Waals surface area contributed by atoms with Gasteiger partial charge in [-0.1, -0.05) is 87.9 Å². The highest BCUT2D eigenvalue weighted by atomic mass is 16.5. The number of aliphatic hydroxyl groups excluding tert-OH is 2. The van der Waals surface area contributed by atoms with Crippen LogP contribution in [0.25, 0.3) is 22.3 Å². The average molecular weight is 713 g/mol. The Kier molecular flexibility index (Phi) is 18.4. The molecule has 0 unspecified atom stereocenters. The quantitative estimate of drug-likeness (QED) is 0.0413. The van der Waals surface area contributed by atoms with Crippen LogP contribution in [0.1, 0.15) is 94.9 Å². The van der Waals surface area contributed by atoms with E-state index in [1.807, 2.05) is 0 Å². The molecule has 0 aliphatic carbocycles. The Labute approximate surface area is 311 Å². The van der Waals surface area contributed by atoms with Crippen molar-refractivity contribution in [3.63, 3.8) is 0 Å². The first-order chi connectivity index (χ1) is 25.1. The van der Waals surface area contributed by atoms with Gasteiger partial charge in [0.2, 0.25) is 0 Å². The topological polar surface area (TPSA) is 102 Å². The van der Waals surface area contributed by atoms with Crippen LogP contribution in [0, 0.1) is 5.92 Å². The molecule has 7 nitrogen and oxygen atoms in total. The third kappa shape index (κ3) is 13.7. The Bertz CT molecular complexity index is 1600. The van der Waals surface area contributed by atoms with Crippen LogP contribution in [0.15, 0.2) is 78.9 Å². The Hall–Kier alpha value is -4.20. The molecule has 282 valence electrons. The van der Waals surface area contributed by atoms with Crippen LogP contribution in [0.2, 0.25) is 0 Å². The Morgan fingerprint density at radius 3 is 1.90 bits per heavy atom. The molecule has 0 fully saturated rings. The van der Waals surface area contributed by atoms with Gasteiger partial charge in [0.25, 0.3) is 0 Å². The zero-order valence-corrected chi connectivity index (χ0v) is 31.9. The summed E-state index contributed by atoms with van der Waals surface area (Å²) in [4.78, 5) is 24.3. The van der Waals surface area contributed by atoms with E-state index in [2.05, 4.69) is 81.6 Å². The van der Waals surface area contributed by atoms with Gasteiger partial charge in [-0.2, -0.15) is 0 Å². The second kappa shape index (κ2) is 22.7. The van der Waals surface area contributed by atoms with Gasteiger partial charge in [0.1, 0.15) is 5.75 Å². The first-order valence-corrected chi connectivity index (χ1v) is 19.0. The van der Waals surface area contributed by atoms with Gasteiger partial charge in [0, 0.05) is 24.7 Å². The van der Waals surface area contributed by atoms with Crippen LogP contribution in [-0.2, 0) is 44.7 Å². The highest BCUT2D eigenvalue weighted by molar-refractivity contribution is 5.86. The smallest absolute Gasteiger partial charge is 0.333 e.